The second-order valence-corrected chi connectivity index (χ2v) is 3.92. The maximum Gasteiger partial charge on any atom is 0.273 e. The fourth-order valence-electron chi connectivity index (χ4n) is 1.77. The van der Waals surface area contributed by atoms with Crippen LogP contribution in [0.2, 0.25) is 0 Å². The predicted molar refractivity (Wildman–Crippen MR) is 65.1 cm³/mol. The summed E-state index contributed by atoms with van der Waals surface area (Å²) in [4.78, 5) is 20.9. The van der Waals surface area contributed by atoms with Gasteiger partial charge in [-0.25, -0.2) is 0 Å². The first-order valence-electron chi connectivity index (χ1n) is 5.41. The molecule has 3 rings (SSSR count). The Balaban J connectivity index is 2.03. The molecule has 0 saturated heterocycles. The SMILES string of the molecule is O=Cc1ccc2c(c1)Oc1ccc([N+](=O)[O-])cc1O2. The van der Waals surface area contributed by atoms with Crippen molar-refractivity contribution in [2.24, 2.45) is 0 Å². The highest BCUT2D eigenvalue weighted by Gasteiger charge is 2.21. The summed E-state index contributed by atoms with van der Waals surface area (Å²) in [5.41, 5.74) is 0.392. The molecule has 2 aromatic carbocycles. The van der Waals surface area contributed by atoms with Crippen molar-refractivity contribution in [1.29, 1.82) is 0 Å². The molecule has 0 bridgehead atoms. The number of aldehydes is 1. The summed E-state index contributed by atoms with van der Waals surface area (Å²) >= 11 is 0. The predicted octanol–water partition coefficient (Wildman–Crippen LogP) is 3.31. The average molecular weight is 257 g/mol. The summed E-state index contributed by atoms with van der Waals surface area (Å²) in [6.45, 7) is 0. The first-order valence-corrected chi connectivity index (χ1v) is 5.41. The van der Waals surface area contributed by atoms with Crippen molar-refractivity contribution in [3.05, 3.63) is 52.1 Å². The average Bonchev–Trinajstić information content (AvgIpc) is 2.43. The maximum atomic E-state index is 10.7. The van der Waals surface area contributed by atoms with Crippen LogP contribution in [0.25, 0.3) is 0 Å². The number of hydrogen-bond acceptors (Lipinski definition) is 5. The van der Waals surface area contributed by atoms with Crippen molar-refractivity contribution >= 4 is 12.0 Å². The molecule has 19 heavy (non-hydrogen) atoms. The molecule has 6 nitrogen and oxygen atoms in total. The fourth-order valence-corrected chi connectivity index (χ4v) is 1.77. The van der Waals surface area contributed by atoms with Crippen molar-refractivity contribution < 1.29 is 19.2 Å². The van der Waals surface area contributed by atoms with E-state index in [0.717, 1.165) is 0 Å². The number of ether oxygens (including phenoxy) is 2. The molecule has 0 fully saturated rings. The molecular formula is C13H7NO5. The van der Waals surface area contributed by atoms with Crippen molar-refractivity contribution in [1.82, 2.24) is 0 Å². The fraction of sp³-hybridized carbons (Fsp3) is 0. The lowest BCUT2D eigenvalue weighted by Crippen LogP contribution is -2.00. The van der Waals surface area contributed by atoms with Gasteiger partial charge in [0.1, 0.15) is 6.29 Å². The van der Waals surface area contributed by atoms with E-state index in [4.69, 9.17) is 9.47 Å². The molecule has 0 radical (unpaired) electrons. The van der Waals surface area contributed by atoms with Gasteiger partial charge in [-0.2, -0.15) is 0 Å². The van der Waals surface area contributed by atoms with Crippen LogP contribution in [0.3, 0.4) is 0 Å². The molecule has 1 heterocycles. The Bertz CT molecular complexity index is 695. The maximum absolute atomic E-state index is 10.7. The number of nitro benzene ring substituents is 1. The zero-order valence-corrected chi connectivity index (χ0v) is 9.53. The number of nitro groups is 1. The highest BCUT2D eigenvalue weighted by atomic mass is 16.6. The molecule has 6 heteroatoms. The van der Waals surface area contributed by atoms with Crippen molar-refractivity contribution in [3.8, 4) is 23.0 Å². The van der Waals surface area contributed by atoms with Crippen LogP contribution in [0.5, 0.6) is 23.0 Å². The van der Waals surface area contributed by atoms with Gasteiger partial charge in [0.2, 0.25) is 0 Å². The van der Waals surface area contributed by atoms with Crippen molar-refractivity contribution in [3.63, 3.8) is 0 Å². The van der Waals surface area contributed by atoms with Crippen LogP contribution in [-0.4, -0.2) is 11.2 Å². The third kappa shape index (κ3) is 1.89. The van der Waals surface area contributed by atoms with Crippen LogP contribution in [0.4, 0.5) is 5.69 Å². The van der Waals surface area contributed by atoms with Gasteiger partial charge < -0.3 is 9.47 Å². The number of carbonyl (C=O) groups excluding carboxylic acids is 1. The third-order valence-corrected chi connectivity index (χ3v) is 2.68. The van der Waals surface area contributed by atoms with Crippen LogP contribution in [-0.2, 0) is 0 Å². The Morgan fingerprint density at radius 2 is 1.58 bits per heavy atom. The molecule has 0 unspecified atom stereocenters. The molecule has 0 aliphatic carbocycles. The minimum absolute atomic E-state index is 0.0738. The summed E-state index contributed by atoms with van der Waals surface area (Å²) < 4.78 is 11.1. The number of fused-ring (bicyclic) bond motifs is 2. The van der Waals surface area contributed by atoms with Crippen LogP contribution in [0, 0.1) is 10.1 Å². The molecule has 0 aromatic heterocycles. The number of hydrogen-bond donors (Lipinski definition) is 0. The smallest absolute Gasteiger partial charge is 0.273 e. The van der Waals surface area contributed by atoms with Gasteiger partial charge in [-0.05, 0) is 24.3 Å². The molecule has 0 amide bonds. The van der Waals surface area contributed by atoms with Gasteiger partial charge in [0.05, 0.1) is 11.0 Å². The van der Waals surface area contributed by atoms with Gasteiger partial charge in [-0.3, -0.25) is 14.9 Å². The Labute approximate surface area is 107 Å². The van der Waals surface area contributed by atoms with Gasteiger partial charge in [0.25, 0.3) is 5.69 Å². The van der Waals surface area contributed by atoms with Crippen LogP contribution in [0.1, 0.15) is 10.4 Å². The van der Waals surface area contributed by atoms with Crippen LogP contribution >= 0.6 is 0 Å². The minimum Gasteiger partial charge on any atom is -0.449 e. The Kier molecular flexibility index (Phi) is 2.42. The van der Waals surface area contributed by atoms with Gasteiger partial charge in [-0.15, -0.1) is 0 Å². The van der Waals surface area contributed by atoms with E-state index < -0.39 is 4.92 Å². The molecule has 94 valence electrons. The number of non-ortho nitro benzene ring substituents is 1. The van der Waals surface area contributed by atoms with E-state index in [9.17, 15) is 14.9 Å². The van der Waals surface area contributed by atoms with E-state index in [2.05, 4.69) is 0 Å². The molecule has 0 atom stereocenters. The number of benzene rings is 2. The van der Waals surface area contributed by atoms with Gasteiger partial charge >= 0.3 is 0 Å². The number of rotatable bonds is 2. The lowest BCUT2D eigenvalue weighted by Gasteiger charge is -2.20. The number of carbonyl (C=O) groups is 1. The summed E-state index contributed by atoms with van der Waals surface area (Å²) in [7, 11) is 0. The van der Waals surface area contributed by atoms with Crippen molar-refractivity contribution in [2.45, 2.75) is 0 Å². The zero-order chi connectivity index (χ0) is 13.4. The standard InChI is InChI=1S/C13H7NO5/c15-7-8-1-3-10-12(5-8)18-11-4-2-9(14(16)17)6-13(11)19-10/h1-7H. The normalized spacial score (nSPS) is 11.6. The van der Waals surface area contributed by atoms with E-state index in [0.29, 0.717) is 29.1 Å². The second-order valence-electron chi connectivity index (χ2n) is 3.92. The lowest BCUT2D eigenvalue weighted by molar-refractivity contribution is -0.384. The van der Waals surface area contributed by atoms with Gasteiger partial charge in [-0.1, -0.05) is 0 Å². The first kappa shape index (κ1) is 11.2. The Morgan fingerprint density at radius 3 is 2.21 bits per heavy atom. The van der Waals surface area contributed by atoms with Crippen LogP contribution in [0.15, 0.2) is 36.4 Å². The summed E-state index contributed by atoms with van der Waals surface area (Å²) in [5.74, 6) is 1.48. The monoisotopic (exact) mass is 257 g/mol. The van der Waals surface area contributed by atoms with E-state index in [-0.39, 0.29) is 11.4 Å². The van der Waals surface area contributed by atoms with E-state index >= 15 is 0 Å². The molecule has 2 aromatic rings. The Hall–Kier alpha value is -2.89. The van der Waals surface area contributed by atoms with Gasteiger partial charge in [0, 0.05) is 11.6 Å². The molecular weight excluding hydrogens is 250 g/mol. The summed E-state index contributed by atoms with van der Waals surface area (Å²) in [5, 5.41) is 10.7. The minimum atomic E-state index is -0.505. The summed E-state index contributed by atoms with van der Waals surface area (Å²) in [6.07, 6.45) is 0.703. The summed E-state index contributed by atoms with van der Waals surface area (Å²) in [6, 6.07) is 8.80. The number of nitrogens with zero attached hydrogens (tertiary/aromatic N) is 1. The molecule has 1 aliphatic rings. The second kappa shape index (κ2) is 4.09. The van der Waals surface area contributed by atoms with Crippen molar-refractivity contribution in [2.75, 3.05) is 0 Å². The quantitative estimate of drug-likeness (QED) is 0.399. The lowest BCUT2D eigenvalue weighted by atomic mass is 10.2. The van der Waals surface area contributed by atoms with E-state index in [1.165, 1.54) is 18.2 Å². The van der Waals surface area contributed by atoms with Gasteiger partial charge in [0.15, 0.2) is 23.0 Å². The van der Waals surface area contributed by atoms with Crippen LogP contribution < -0.4 is 9.47 Å². The topological polar surface area (TPSA) is 78.7 Å². The third-order valence-electron chi connectivity index (χ3n) is 2.68. The molecule has 0 N–H and O–H groups in total. The highest BCUT2D eigenvalue weighted by molar-refractivity contribution is 5.77. The molecule has 0 saturated carbocycles. The molecule has 1 aliphatic heterocycles. The zero-order valence-electron chi connectivity index (χ0n) is 9.53. The molecule has 0 spiro atoms. The highest BCUT2D eigenvalue weighted by Crippen LogP contribution is 2.46. The first-order chi connectivity index (χ1) is 9.17. The largest absolute Gasteiger partial charge is 0.449 e. The Morgan fingerprint density at radius 1 is 0.947 bits per heavy atom. The van der Waals surface area contributed by atoms with E-state index in [1.807, 2.05) is 0 Å². The van der Waals surface area contributed by atoms with E-state index in [1.54, 1.807) is 18.2 Å².